The van der Waals surface area contributed by atoms with Crippen molar-refractivity contribution in [3.05, 3.63) is 46.8 Å². The van der Waals surface area contributed by atoms with Crippen molar-refractivity contribution in [3.8, 4) is 0 Å². The second kappa shape index (κ2) is 16.5. The lowest BCUT2D eigenvalue weighted by molar-refractivity contribution is -0.235. The van der Waals surface area contributed by atoms with Crippen molar-refractivity contribution in [1.29, 1.82) is 0 Å². The molecule has 4 saturated carbocycles. The van der Waals surface area contributed by atoms with Crippen LogP contribution in [0, 0.1) is 62.0 Å². The molecule has 1 N–H and O–H groups in total. The molecule has 0 radical (unpaired) electrons. The van der Waals surface area contributed by atoms with Crippen molar-refractivity contribution in [1.82, 2.24) is 9.80 Å². The SMILES string of the molecule is CC(=O)OC(CN(CCN(C)C)Cc1ccc(F)cc1)[C@@]12CC[C@]3(C)[C@H](CC[C@@H]4[C@@]5(C)CC[C@H](OC(=O)CC(C)(C)C(=O)O)C(C)(C)[C@@H]5CC[C@]43C)C1=C(C(C)C)C(=O)C2. The predicted octanol–water partition coefficient (Wildman–Crippen LogP) is 9.51. The van der Waals surface area contributed by atoms with E-state index in [4.69, 9.17) is 9.47 Å². The molecule has 5 aliphatic rings. The number of likely N-dealkylation sites (N-methyl/N-ethyl adjacent to an activating group) is 1. The monoisotopic (exact) mass is 835 g/mol. The van der Waals surface area contributed by atoms with Crippen molar-refractivity contribution in [2.75, 3.05) is 33.7 Å². The van der Waals surface area contributed by atoms with Gasteiger partial charge in [0.15, 0.2) is 5.78 Å². The summed E-state index contributed by atoms with van der Waals surface area (Å²) in [5.41, 5.74) is 1.03. The first-order chi connectivity index (χ1) is 27.8. The number of hydrogen-bond donors (Lipinski definition) is 1. The number of aliphatic carboxylic acids is 1. The summed E-state index contributed by atoms with van der Waals surface area (Å²) in [4.78, 5) is 57.2. The number of allylic oxidation sites excluding steroid dienone is 1. The molecule has 10 heteroatoms. The summed E-state index contributed by atoms with van der Waals surface area (Å²) in [7, 11) is 4.09. The Hall–Kier alpha value is -3.11. The molecule has 9 nitrogen and oxygen atoms in total. The second-order valence-electron chi connectivity index (χ2n) is 22.3. The minimum absolute atomic E-state index is 0.0105. The first kappa shape index (κ1) is 46.4. The number of halogens is 1. The predicted molar refractivity (Wildman–Crippen MR) is 231 cm³/mol. The van der Waals surface area contributed by atoms with Gasteiger partial charge in [0.2, 0.25) is 0 Å². The Morgan fingerprint density at radius 3 is 2.17 bits per heavy atom. The molecule has 4 fully saturated rings. The van der Waals surface area contributed by atoms with Crippen LogP contribution in [0.15, 0.2) is 35.4 Å². The van der Waals surface area contributed by atoms with E-state index in [-0.39, 0.29) is 63.6 Å². The number of carbonyl (C=O) groups excluding carboxylic acids is 3. The van der Waals surface area contributed by atoms with E-state index in [1.54, 1.807) is 13.8 Å². The number of ether oxygens (including phenoxy) is 2. The van der Waals surface area contributed by atoms with Crippen LogP contribution in [0.3, 0.4) is 0 Å². The fourth-order valence-corrected chi connectivity index (χ4v) is 14.1. The number of fused-ring (bicyclic) bond motifs is 7. The van der Waals surface area contributed by atoms with Gasteiger partial charge in [0.05, 0.1) is 11.8 Å². The molecular formula is C50H75FN2O7. The number of esters is 2. The van der Waals surface area contributed by atoms with Crippen LogP contribution >= 0.6 is 0 Å². The summed E-state index contributed by atoms with van der Waals surface area (Å²) < 4.78 is 26.7. The highest BCUT2D eigenvalue weighted by Gasteiger charge is 2.71. The van der Waals surface area contributed by atoms with E-state index in [1.807, 2.05) is 26.2 Å². The van der Waals surface area contributed by atoms with Crippen molar-refractivity contribution in [2.24, 2.45) is 56.2 Å². The van der Waals surface area contributed by atoms with Gasteiger partial charge in [-0.25, -0.2) is 4.39 Å². The Balaban J connectivity index is 1.33. The number of Topliss-reactive ketones (excluding diaryl/α,β-unsaturated/α-hetero) is 1. The third-order valence-electron chi connectivity index (χ3n) is 17.4. The summed E-state index contributed by atoms with van der Waals surface area (Å²) in [6, 6.07) is 6.63. The molecule has 9 atom stereocenters. The quantitative estimate of drug-likeness (QED) is 0.183. The number of rotatable bonds is 14. The van der Waals surface area contributed by atoms with Crippen LogP contribution in [0.1, 0.15) is 139 Å². The Bertz CT molecular complexity index is 1850. The molecule has 0 saturated heterocycles. The van der Waals surface area contributed by atoms with Gasteiger partial charge in [-0.15, -0.1) is 0 Å². The first-order valence-corrected chi connectivity index (χ1v) is 22.8. The lowest BCUT2D eigenvalue weighted by Crippen LogP contribution is -2.66. The van der Waals surface area contributed by atoms with Gasteiger partial charge in [0.1, 0.15) is 18.0 Å². The maximum atomic E-state index is 14.6. The number of carboxylic acids is 1. The maximum absolute atomic E-state index is 14.6. The van der Waals surface area contributed by atoms with Crippen LogP contribution in [0.4, 0.5) is 4.39 Å². The largest absolute Gasteiger partial charge is 0.481 e. The first-order valence-electron chi connectivity index (χ1n) is 22.8. The zero-order chi connectivity index (χ0) is 44.4. The maximum Gasteiger partial charge on any atom is 0.309 e. The van der Waals surface area contributed by atoms with Crippen molar-refractivity contribution < 1.29 is 38.1 Å². The van der Waals surface area contributed by atoms with E-state index in [1.165, 1.54) is 24.6 Å². The molecular weight excluding hydrogens is 760 g/mol. The fraction of sp³-hybridized carbons (Fsp3) is 0.760. The van der Waals surface area contributed by atoms with Gasteiger partial charge >= 0.3 is 17.9 Å². The molecule has 1 aromatic rings. The standard InChI is InChI=1S/C50H75FN2O7/c1-31(2)42-36(55)27-50(40(59-32(3)54)30-53(26-25-52(11)12)29-33-13-15-34(51)16-14-33)24-23-48(9)35(43(42)50)17-18-38-47(8)21-20-39(60-41(56)28-45(4,5)44(57)58)46(6,7)37(47)19-22-49(38,48)10/h13-16,31,35,37-40H,17-30H2,1-12H3,(H,57,58)/t35-,37+,38-,39+,40?,47+,48-,49-,50+/m1/s1. The molecule has 334 valence electrons. The Kier molecular flexibility index (Phi) is 12.8. The molecule has 0 aliphatic heterocycles. The normalized spacial score (nSPS) is 34.2. The third kappa shape index (κ3) is 8.03. The molecule has 1 unspecified atom stereocenters. The van der Waals surface area contributed by atoms with Gasteiger partial charge in [-0.3, -0.25) is 24.1 Å². The molecule has 0 bridgehead atoms. The average molecular weight is 835 g/mol. The van der Waals surface area contributed by atoms with Crippen molar-refractivity contribution >= 4 is 23.7 Å². The number of carbonyl (C=O) groups is 4. The highest BCUT2D eigenvalue weighted by molar-refractivity contribution is 6.01. The van der Waals surface area contributed by atoms with Crippen LogP contribution in [0.5, 0.6) is 0 Å². The van der Waals surface area contributed by atoms with Crippen molar-refractivity contribution in [2.45, 2.75) is 152 Å². The van der Waals surface area contributed by atoms with E-state index < -0.39 is 28.9 Å². The molecule has 1 aromatic carbocycles. The van der Waals surface area contributed by atoms with E-state index >= 15 is 0 Å². The lowest BCUT2D eigenvalue weighted by Gasteiger charge is -2.72. The van der Waals surface area contributed by atoms with Gasteiger partial charge in [0, 0.05) is 50.4 Å². The minimum atomic E-state index is -1.19. The number of carboxylic acid groups (broad SMARTS) is 1. The minimum Gasteiger partial charge on any atom is -0.481 e. The summed E-state index contributed by atoms with van der Waals surface area (Å²) in [6.07, 6.45) is 6.85. The summed E-state index contributed by atoms with van der Waals surface area (Å²) in [5.74, 6) is -0.888. The van der Waals surface area contributed by atoms with Gasteiger partial charge in [0.25, 0.3) is 0 Å². The van der Waals surface area contributed by atoms with Gasteiger partial charge in [-0.05, 0) is 148 Å². The van der Waals surface area contributed by atoms with Crippen LogP contribution in [-0.2, 0) is 35.2 Å². The number of benzene rings is 1. The van der Waals surface area contributed by atoms with Crippen molar-refractivity contribution in [3.63, 3.8) is 0 Å². The summed E-state index contributed by atoms with van der Waals surface area (Å²) >= 11 is 0. The Morgan fingerprint density at radius 2 is 1.57 bits per heavy atom. The topological polar surface area (TPSA) is 113 Å². The Labute approximate surface area is 359 Å². The van der Waals surface area contributed by atoms with Crippen LogP contribution < -0.4 is 0 Å². The molecule has 6 rings (SSSR count). The molecule has 0 aromatic heterocycles. The zero-order valence-electron chi connectivity index (χ0n) is 38.8. The van der Waals surface area contributed by atoms with Crippen LogP contribution in [-0.4, -0.2) is 84.5 Å². The molecule has 5 aliphatic carbocycles. The fourth-order valence-electron chi connectivity index (χ4n) is 14.1. The van der Waals surface area contributed by atoms with Gasteiger partial charge < -0.3 is 19.5 Å². The summed E-state index contributed by atoms with van der Waals surface area (Å²) in [5, 5.41) is 9.67. The molecule has 0 amide bonds. The van der Waals surface area contributed by atoms with E-state index in [2.05, 4.69) is 58.3 Å². The number of nitrogens with zero attached hydrogens (tertiary/aromatic N) is 2. The highest BCUT2D eigenvalue weighted by Crippen LogP contribution is 2.77. The smallest absolute Gasteiger partial charge is 0.309 e. The van der Waals surface area contributed by atoms with Crippen LogP contribution in [0.2, 0.25) is 0 Å². The van der Waals surface area contributed by atoms with E-state index in [0.717, 1.165) is 75.6 Å². The van der Waals surface area contributed by atoms with Crippen LogP contribution in [0.25, 0.3) is 0 Å². The Morgan fingerprint density at radius 1 is 0.900 bits per heavy atom. The van der Waals surface area contributed by atoms with Gasteiger partial charge in [-0.2, -0.15) is 0 Å². The number of hydrogen-bond acceptors (Lipinski definition) is 8. The second-order valence-corrected chi connectivity index (χ2v) is 22.3. The molecule has 60 heavy (non-hydrogen) atoms. The third-order valence-corrected chi connectivity index (χ3v) is 17.4. The lowest BCUT2D eigenvalue weighted by atomic mass is 9.33. The highest BCUT2D eigenvalue weighted by atomic mass is 19.1. The summed E-state index contributed by atoms with van der Waals surface area (Å²) in [6.45, 7) is 23.6. The zero-order valence-corrected chi connectivity index (χ0v) is 38.8. The molecule has 0 spiro atoms. The molecule has 0 heterocycles. The average Bonchev–Trinajstić information content (AvgIpc) is 3.45. The van der Waals surface area contributed by atoms with E-state index in [0.29, 0.717) is 31.3 Å². The van der Waals surface area contributed by atoms with Gasteiger partial charge in [-0.1, -0.05) is 60.6 Å². The number of ketones is 1. The van der Waals surface area contributed by atoms with E-state index in [9.17, 15) is 28.7 Å².